The van der Waals surface area contributed by atoms with E-state index >= 15 is 0 Å². The van der Waals surface area contributed by atoms with Gasteiger partial charge in [0.15, 0.2) is 5.76 Å². The van der Waals surface area contributed by atoms with Crippen molar-refractivity contribution in [2.45, 2.75) is 18.9 Å². The van der Waals surface area contributed by atoms with Crippen molar-refractivity contribution >= 4 is 12.4 Å². The lowest BCUT2D eigenvalue weighted by Gasteiger charge is -2.32. The number of carbonyl (C=O) groups excluding carboxylic acids is 2. The monoisotopic (exact) mass is 401 g/mol. The van der Waals surface area contributed by atoms with Crippen LogP contribution in [0.2, 0.25) is 0 Å². The van der Waals surface area contributed by atoms with Crippen LogP contribution in [0.1, 0.15) is 29.4 Å². The van der Waals surface area contributed by atoms with Gasteiger partial charge in [-0.25, -0.2) is 0 Å². The third-order valence-electron chi connectivity index (χ3n) is 4.96. The average molecular weight is 401 g/mol. The van der Waals surface area contributed by atoms with E-state index in [0.717, 1.165) is 6.41 Å². The molecule has 0 saturated carbocycles. The van der Waals surface area contributed by atoms with Gasteiger partial charge >= 0.3 is 5.97 Å². The quantitative estimate of drug-likeness (QED) is 0.533. The third kappa shape index (κ3) is 5.00. The highest BCUT2D eigenvalue weighted by molar-refractivity contribution is 5.71. The lowest BCUT2D eigenvalue weighted by molar-refractivity contribution is -0.141. The van der Waals surface area contributed by atoms with Crippen molar-refractivity contribution in [2.75, 3.05) is 33.3 Å². The average Bonchev–Trinajstić information content (AvgIpc) is 2.75. The summed E-state index contributed by atoms with van der Waals surface area (Å²) in [5, 5.41) is 10.4. The lowest BCUT2D eigenvalue weighted by Crippen LogP contribution is -2.45. The molecular weight excluding hydrogens is 378 g/mol. The zero-order chi connectivity index (χ0) is 20.8. The summed E-state index contributed by atoms with van der Waals surface area (Å²) < 4.78 is 10.7. The molecule has 9 heteroatoms. The highest BCUT2D eigenvalue weighted by Crippen LogP contribution is 2.33. The molecule has 1 atom stereocenters. The van der Waals surface area contributed by atoms with Crippen LogP contribution in [0.5, 0.6) is 5.75 Å². The van der Waals surface area contributed by atoms with Gasteiger partial charge in [0.05, 0.1) is 26.0 Å². The minimum absolute atomic E-state index is 0.0237. The molecular formula is C20H23N3O6. The van der Waals surface area contributed by atoms with Crippen LogP contribution in [0.15, 0.2) is 39.8 Å². The van der Waals surface area contributed by atoms with Gasteiger partial charge in [-0.05, 0) is 17.7 Å². The zero-order valence-corrected chi connectivity index (χ0v) is 16.1. The molecule has 1 fully saturated rings. The first-order valence-electron chi connectivity index (χ1n) is 9.26. The van der Waals surface area contributed by atoms with Crippen molar-refractivity contribution in [3.05, 3.63) is 57.9 Å². The second kappa shape index (κ2) is 9.33. The van der Waals surface area contributed by atoms with Gasteiger partial charge in [0.25, 0.3) is 0 Å². The predicted molar refractivity (Wildman–Crippen MR) is 102 cm³/mol. The second-order valence-corrected chi connectivity index (χ2v) is 6.82. The number of methoxy groups -OCH3 is 1. The van der Waals surface area contributed by atoms with E-state index in [2.05, 4.69) is 9.88 Å². The van der Waals surface area contributed by atoms with Crippen molar-refractivity contribution in [1.82, 2.24) is 14.8 Å². The summed E-state index contributed by atoms with van der Waals surface area (Å²) in [6.07, 6.45) is 3.84. The fourth-order valence-electron chi connectivity index (χ4n) is 3.32. The summed E-state index contributed by atoms with van der Waals surface area (Å²) in [5.41, 5.74) is 0.0947. The van der Waals surface area contributed by atoms with Gasteiger partial charge in [-0.15, -0.1) is 0 Å². The molecule has 3 heterocycles. The number of nitrogens with zero attached hydrogens (tertiary/aromatic N) is 3. The van der Waals surface area contributed by atoms with Crippen molar-refractivity contribution in [1.29, 1.82) is 0 Å². The van der Waals surface area contributed by atoms with Crippen molar-refractivity contribution < 1.29 is 23.8 Å². The smallest absolute Gasteiger partial charge is 0.306 e. The largest absolute Gasteiger partial charge is 0.502 e. The number of amides is 1. The Morgan fingerprint density at radius 1 is 1.31 bits per heavy atom. The number of aromatic nitrogens is 1. The van der Waals surface area contributed by atoms with Crippen LogP contribution in [0.25, 0.3) is 0 Å². The van der Waals surface area contributed by atoms with Crippen molar-refractivity contribution in [2.24, 2.45) is 0 Å². The molecule has 0 radical (unpaired) electrons. The number of pyridine rings is 1. The Labute approximate surface area is 167 Å². The molecule has 1 aliphatic heterocycles. The van der Waals surface area contributed by atoms with Crippen LogP contribution in [0, 0.1) is 0 Å². The molecule has 1 amide bonds. The Morgan fingerprint density at radius 3 is 2.62 bits per heavy atom. The SMILES string of the molecule is COC(=O)C[C@@H](c1ccncc1)c1oc(CN2CCN(C=O)CC2)cc(=O)c1O. The van der Waals surface area contributed by atoms with E-state index in [9.17, 15) is 19.5 Å². The molecule has 0 aromatic carbocycles. The normalized spacial score (nSPS) is 15.7. The first-order valence-corrected chi connectivity index (χ1v) is 9.26. The third-order valence-corrected chi connectivity index (χ3v) is 4.96. The van der Waals surface area contributed by atoms with Gasteiger partial charge in [0, 0.05) is 44.6 Å². The van der Waals surface area contributed by atoms with Crippen LogP contribution >= 0.6 is 0 Å². The van der Waals surface area contributed by atoms with Gasteiger partial charge in [-0.2, -0.15) is 0 Å². The molecule has 9 nitrogen and oxygen atoms in total. The van der Waals surface area contributed by atoms with Gasteiger partial charge < -0.3 is 19.2 Å². The number of ether oxygens (including phenoxy) is 1. The minimum atomic E-state index is -0.690. The molecule has 2 aromatic heterocycles. The molecule has 29 heavy (non-hydrogen) atoms. The highest BCUT2D eigenvalue weighted by Gasteiger charge is 2.27. The summed E-state index contributed by atoms with van der Waals surface area (Å²) in [7, 11) is 1.28. The fourth-order valence-corrected chi connectivity index (χ4v) is 3.32. The van der Waals surface area contributed by atoms with E-state index < -0.39 is 23.1 Å². The molecule has 2 aromatic rings. The minimum Gasteiger partial charge on any atom is -0.502 e. The maximum absolute atomic E-state index is 12.4. The number of hydrogen-bond acceptors (Lipinski definition) is 8. The number of rotatable bonds is 7. The Balaban J connectivity index is 1.91. The molecule has 0 spiro atoms. The first-order chi connectivity index (χ1) is 14.0. The fraction of sp³-hybridized carbons (Fsp3) is 0.400. The van der Waals surface area contributed by atoms with Crippen molar-refractivity contribution in [3.63, 3.8) is 0 Å². The van der Waals surface area contributed by atoms with Gasteiger partial charge in [0.2, 0.25) is 17.6 Å². The Morgan fingerprint density at radius 2 is 2.00 bits per heavy atom. The maximum atomic E-state index is 12.4. The molecule has 1 saturated heterocycles. The predicted octanol–water partition coefficient (Wildman–Crippen LogP) is 0.709. The second-order valence-electron chi connectivity index (χ2n) is 6.82. The number of carbonyl (C=O) groups is 2. The van der Waals surface area contributed by atoms with Crippen molar-refractivity contribution in [3.8, 4) is 5.75 Å². The van der Waals surface area contributed by atoms with Crippen LogP contribution in [-0.4, -0.2) is 65.6 Å². The molecule has 1 aliphatic rings. The summed E-state index contributed by atoms with van der Waals surface area (Å²) in [6, 6.07) is 4.64. The summed E-state index contributed by atoms with van der Waals surface area (Å²) in [4.78, 5) is 42.9. The van der Waals surface area contributed by atoms with E-state index in [-0.39, 0.29) is 12.2 Å². The molecule has 3 rings (SSSR count). The zero-order valence-electron chi connectivity index (χ0n) is 16.1. The van der Waals surface area contributed by atoms with Crippen LogP contribution in [0.3, 0.4) is 0 Å². The number of hydrogen-bond donors (Lipinski definition) is 1. The molecule has 0 aliphatic carbocycles. The Kier molecular flexibility index (Phi) is 6.61. The molecule has 1 N–H and O–H groups in total. The maximum Gasteiger partial charge on any atom is 0.306 e. The van der Waals surface area contributed by atoms with Crippen LogP contribution in [0.4, 0.5) is 0 Å². The van der Waals surface area contributed by atoms with Crippen LogP contribution in [-0.2, 0) is 20.9 Å². The summed E-state index contributed by atoms with van der Waals surface area (Å²) in [6.45, 7) is 2.85. The lowest BCUT2D eigenvalue weighted by atomic mass is 9.93. The van der Waals surface area contributed by atoms with E-state index in [1.165, 1.54) is 13.2 Å². The van der Waals surface area contributed by atoms with E-state index in [1.807, 2.05) is 0 Å². The van der Waals surface area contributed by atoms with E-state index in [4.69, 9.17) is 9.15 Å². The first kappa shape index (κ1) is 20.5. The Hall–Kier alpha value is -3.20. The molecule has 0 bridgehead atoms. The van der Waals surface area contributed by atoms with Gasteiger partial charge in [-0.3, -0.25) is 24.3 Å². The summed E-state index contributed by atoms with van der Waals surface area (Å²) in [5.74, 6) is -1.30. The highest BCUT2D eigenvalue weighted by atomic mass is 16.5. The van der Waals surface area contributed by atoms with Crippen LogP contribution < -0.4 is 5.43 Å². The topological polar surface area (TPSA) is 113 Å². The number of aromatic hydroxyl groups is 1. The van der Waals surface area contributed by atoms with E-state index in [0.29, 0.717) is 44.0 Å². The van der Waals surface area contributed by atoms with Gasteiger partial charge in [0.1, 0.15) is 5.76 Å². The summed E-state index contributed by atoms with van der Waals surface area (Å²) >= 11 is 0. The number of piperazine rings is 1. The standard InChI is InChI=1S/C20H23N3O6/c1-28-18(26)11-16(14-2-4-21-5-3-14)20-19(27)17(25)10-15(29-20)12-22-6-8-23(13-24)9-7-22/h2-5,10,13,16,27H,6-9,11-12H2,1H3/t16-/m0/s1. The number of esters is 1. The molecule has 0 unspecified atom stereocenters. The van der Waals surface area contributed by atoms with Gasteiger partial charge in [-0.1, -0.05) is 0 Å². The molecule has 154 valence electrons. The van der Waals surface area contributed by atoms with E-state index in [1.54, 1.807) is 29.4 Å². The Bertz CT molecular complexity index is 906.